The Morgan fingerprint density at radius 2 is 2.00 bits per heavy atom. The number of carboxylic acid groups (broad SMARTS) is 1. The predicted molar refractivity (Wildman–Crippen MR) is 88.2 cm³/mol. The highest BCUT2D eigenvalue weighted by Crippen LogP contribution is 2.38. The van der Waals surface area contributed by atoms with Crippen LogP contribution in [0.1, 0.15) is 56.6 Å². The number of carbonyl (C=O) groups is 2. The number of hydrogen-bond donors (Lipinski definition) is 2. The van der Waals surface area contributed by atoms with Crippen LogP contribution in [0.4, 0.5) is 0 Å². The van der Waals surface area contributed by atoms with Crippen LogP contribution in [0.15, 0.2) is 30.5 Å². The summed E-state index contributed by atoms with van der Waals surface area (Å²) < 4.78 is 0. The van der Waals surface area contributed by atoms with Crippen molar-refractivity contribution in [1.82, 2.24) is 15.3 Å². The van der Waals surface area contributed by atoms with Gasteiger partial charge in [0.15, 0.2) is 0 Å². The average Bonchev–Trinajstić information content (AvgIpc) is 3.40. The van der Waals surface area contributed by atoms with E-state index >= 15 is 0 Å². The van der Waals surface area contributed by atoms with Crippen LogP contribution in [0.25, 0.3) is 0 Å². The van der Waals surface area contributed by atoms with E-state index in [1.54, 1.807) is 25.3 Å². The Kier molecular flexibility index (Phi) is 4.55. The van der Waals surface area contributed by atoms with Gasteiger partial charge in [-0.2, -0.15) is 0 Å². The molecule has 0 bridgehead atoms. The third-order valence-corrected chi connectivity index (χ3v) is 4.17. The molecule has 0 spiro atoms. The lowest BCUT2D eigenvalue weighted by Gasteiger charge is -2.09. The molecule has 1 heterocycles. The molecule has 1 saturated carbocycles. The highest BCUT2D eigenvalue weighted by atomic mass is 16.4. The van der Waals surface area contributed by atoms with Crippen molar-refractivity contribution in [1.29, 1.82) is 0 Å². The predicted octanol–water partition coefficient (Wildman–Crippen LogP) is 2.33. The largest absolute Gasteiger partial charge is 0.478 e. The molecule has 2 N–H and O–H groups in total. The number of hydrogen-bond acceptors (Lipinski definition) is 4. The normalized spacial score (nSPS) is 13.5. The molecule has 0 saturated heterocycles. The SMILES string of the molecule is Cc1c(C(=O)O)cccc1C(=O)NCCc1nccc(C2CC2)n1. The maximum absolute atomic E-state index is 12.3. The zero-order chi connectivity index (χ0) is 17.1. The maximum atomic E-state index is 12.3. The molecule has 2 aromatic rings. The number of carboxylic acids is 1. The Morgan fingerprint density at radius 3 is 2.71 bits per heavy atom. The number of nitrogens with zero attached hydrogens (tertiary/aromatic N) is 2. The highest BCUT2D eigenvalue weighted by Gasteiger charge is 2.25. The van der Waals surface area contributed by atoms with Crippen LogP contribution in [0.3, 0.4) is 0 Å². The van der Waals surface area contributed by atoms with Crippen molar-refractivity contribution >= 4 is 11.9 Å². The first kappa shape index (κ1) is 16.1. The smallest absolute Gasteiger partial charge is 0.335 e. The molecule has 1 fully saturated rings. The first-order valence-corrected chi connectivity index (χ1v) is 7.99. The summed E-state index contributed by atoms with van der Waals surface area (Å²) >= 11 is 0. The Bertz CT molecular complexity index is 785. The molecule has 1 amide bonds. The van der Waals surface area contributed by atoms with Gasteiger partial charge in [-0.05, 0) is 43.5 Å². The summed E-state index contributed by atoms with van der Waals surface area (Å²) in [6.07, 6.45) is 4.68. The Morgan fingerprint density at radius 1 is 1.25 bits per heavy atom. The van der Waals surface area contributed by atoms with E-state index in [0.717, 1.165) is 11.5 Å². The van der Waals surface area contributed by atoms with Crippen molar-refractivity contribution in [3.63, 3.8) is 0 Å². The van der Waals surface area contributed by atoms with Crippen LogP contribution in [0.5, 0.6) is 0 Å². The number of aromatic carboxylic acids is 1. The standard InChI is InChI=1S/C18H19N3O3/c1-11-13(3-2-4-14(11)18(23)24)17(22)20-10-8-16-19-9-7-15(21-16)12-5-6-12/h2-4,7,9,12H,5-6,8,10H2,1H3,(H,20,22)(H,23,24). The third-order valence-electron chi connectivity index (χ3n) is 4.17. The fourth-order valence-electron chi connectivity index (χ4n) is 2.64. The zero-order valence-electron chi connectivity index (χ0n) is 13.5. The first-order chi connectivity index (χ1) is 11.6. The van der Waals surface area contributed by atoms with E-state index in [-0.39, 0.29) is 11.5 Å². The Hall–Kier alpha value is -2.76. The van der Waals surface area contributed by atoms with Crippen LogP contribution in [-0.2, 0) is 6.42 Å². The van der Waals surface area contributed by atoms with Gasteiger partial charge in [-0.1, -0.05) is 6.07 Å². The van der Waals surface area contributed by atoms with E-state index in [4.69, 9.17) is 5.11 Å². The van der Waals surface area contributed by atoms with Gasteiger partial charge in [0.05, 0.1) is 5.56 Å². The average molecular weight is 325 g/mol. The Labute approximate surface area is 140 Å². The van der Waals surface area contributed by atoms with E-state index in [1.165, 1.54) is 18.9 Å². The van der Waals surface area contributed by atoms with Crippen molar-refractivity contribution in [2.45, 2.75) is 32.1 Å². The second-order valence-electron chi connectivity index (χ2n) is 5.96. The molecule has 6 heteroatoms. The summed E-state index contributed by atoms with van der Waals surface area (Å²) in [4.78, 5) is 32.2. The van der Waals surface area contributed by atoms with Crippen molar-refractivity contribution in [3.8, 4) is 0 Å². The fraction of sp³-hybridized carbons (Fsp3) is 0.333. The number of carbonyl (C=O) groups excluding carboxylic acids is 1. The van der Waals surface area contributed by atoms with Crippen molar-refractivity contribution in [2.24, 2.45) is 0 Å². The molecule has 124 valence electrons. The van der Waals surface area contributed by atoms with Crippen LogP contribution >= 0.6 is 0 Å². The van der Waals surface area contributed by atoms with Gasteiger partial charge in [0, 0.05) is 36.3 Å². The summed E-state index contributed by atoms with van der Waals surface area (Å²) in [5.41, 5.74) is 2.07. The highest BCUT2D eigenvalue weighted by molar-refractivity contribution is 5.99. The molecule has 0 aliphatic heterocycles. The zero-order valence-corrected chi connectivity index (χ0v) is 13.5. The summed E-state index contributed by atoms with van der Waals surface area (Å²) in [5.74, 6) is -0.0279. The fourth-order valence-corrected chi connectivity index (χ4v) is 2.64. The summed E-state index contributed by atoms with van der Waals surface area (Å²) in [6, 6.07) is 6.64. The van der Waals surface area contributed by atoms with Crippen molar-refractivity contribution in [3.05, 3.63) is 58.7 Å². The molecule has 1 aliphatic carbocycles. The summed E-state index contributed by atoms with van der Waals surface area (Å²) in [7, 11) is 0. The molecule has 3 rings (SSSR count). The summed E-state index contributed by atoms with van der Waals surface area (Å²) in [5, 5.41) is 11.9. The summed E-state index contributed by atoms with van der Waals surface area (Å²) in [6.45, 7) is 2.05. The molecule has 6 nitrogen and oxygen atoms in total. The molecule has 1 aliphatic rings. The second kappa shape index (κ2) is 6.78. The lowest BCUT2D eigenvalue weighted by atomic mass is 10.0. The van der Waals surface area contributed by atoms with Gasteiger partial charge >= 0.3 is 5.97 Å². The minimum Gasteiger partial charge on any atom is -0.478 e. The number of aromatic nitrogens is 2. The monoisotopic (exact) mass is 325 g/mol. The molecular formula is C18H19N3O3. The molecule has 0 radical (unpaired) electrons. The van der Waals surface area contributed by atoms with Crippen LogP contribution in [0.2, 0.25) is 0 Å². The number of rotatable bonds is 6. The lowest BCUT2D eigenvalue weighted by Crippen LogP contribution is -2.27. The number of nitrogens with one attached hydrogen (secondary N) is 1. The minimum atomic E-state index is -1.03. The van der Waals surface area contributed by atoms with Crippen molar-refractivity contribution in [2.75, 3.05) is 6.54 Å². The first-order valence-electron chi connectivity index (χ1n) is 7.99. The van der Waals surface area contributed by atoms with E-state index in [0.29, 0.717) is 30.0 Å². The van der Waals surface area contributed by atoms with Gasteiger partial charge < -0.3 is 10.4 Å². The van der Waals surface area contributed by atoms with E-state index in [1.807, 2.05) is 6.07 Å². The topological polar surface area (TPSA) is 92.2 Å². The molecule has 0 unspecified atom stereocenters. The van der Waals surface area contributed by atoms with E-state index in [9.17, 15) is 9.59 Å². The van der Waals surface area contributed by atoms with Gasteiger partial charge in [-0.25, -0.2) is 14.8 Å². The quantitative estimate of drug-likeness (QED) is 0.850. The lowest BCUT2D eigenvalue weighted by molar-refractivity contribution is 0.0696. The maximum Gasteiger partial charge on any atom is 0.335 e. The van der Waals surface area contributed by atoms with Gasteiger partial charge in [-0.3, -0.25) is 4.79 Å². The minimum absolute atomic E-state index is 0.142. The second-order valence-corrected chi connectivity index (χ2v) is 5.96. The molecule has 24 heavy (non-hydrogen) atoms. The van der Waals surface area contributed by atoms with Gasteiger partial charge in [0.25, 0.3) is 5.91 Å². The van der Waals surface area contributed by atoms with E-state index < -0.39 is 5.97 Å². The van der Waals surface area contributed by atoms with Gasteiger partial charge in [0.1, 0.15) is 5.82 Å². The van der Waals surface area contributed by atoms with Crippen LogP contribution < -0.4 is 5.32 Å². The van der Waals surface area contributed by atoms with Crippen LogP contribution in [-0.4, -0.2) is 33.5 Å². The van der Waals surface area contributed by atoms with Crippen LogP contribution in [0, 0.1) is 6.92 Å². The number of amides is 1. The molecule has 1 aromatic carbocycles. The third kappa shape index (κ3) is 3.59. The Balaban J connectivity index is 1.61. The molecule has 1 aromatic heterocycles. The van der Waals surface area contributed by atoms with Gasteiger partial charge in [-0.15, -0.1) is 0 Å². The number of benzene rings is 1. The van der Waals surface area contributed by atoms with Crippen molar-refractivity contribution < 1.29 is 14.7 Å². The molecular weight excluding hydrogens is 306 g/mol. The van der Waals surface area contributed by atoms with Gasteiger partial charge in [0.2, 0.25) is 0 Å². The van der Waals surface area contributed by atoms with E-state index in [2.05, 4.69) is 15.3 Å². The molecule has 0 atom stereocenters.